The van der Waals surface area contributed by atoms with Gasteiger partial charge in [0, 0.05) is 17.2 Å². The van der Waals surface area contributed by atoms with Crippen LogP contribution < -0.4 is 15.2 Å². The van der Waals surface area contributed by atoms with E-state index in [1.807, 2.05) is 0 Å². The number of nitrogen functional groups attached to an aromatic ring is 1. The fourth-order valence-electron chi connectivity index (χ4n) is 1.91. The van der Waals surface area contributed by atoms with Crippen LogP contribution in [0.1, 0.15) is 15.9 Å². The second-order valence-corrected chi connectivity index (χ2v) is 5.03. The van der Waals surface area contributed by atoms with Gasteiger partial charge in [-0.15, -0.1) is 0 Å². The zero-order chi connectivity index (χ0) is 15.6. The first-order valence-corrected chi connectivity index (χ1v) is 6.75. The number of ether oxygens (including phenoxy) is 2. The zero-order valence-corrected chi connectivity index (χ0v) is 13.0. The van der Waals surface area contributed by atoms with Gasteiger partial charge in [0.15, 0.2) is 17.3 Å². The molecule has 110 valence electrons. The molecule has 0 amide bonds. The Balaban J connectivity index is 2.56. The fourth-order valence-corrected chi connectivity index (χ4v) is 2.32. The summed E-state index contributed by atoms with van der Waals surface area (Å²) in [5.41, 5.74) is 6.62. The molecule has 2 N–H and O–H groups in total. The number of ketones is 1. The smallest absolute Gasteiger partial charge is 0.196 e. The van der Waals surface area contributed by atoms with Crippen LogP contribution in [-0.4, -0.2) is 20.0 Å². The molecule has 4 nitrogen and oxygen atoms in total. The van der Waals surface area contributed by atoms with E-state index in [0.29, 0.717) is 16.5 Å². The number of para-hydroxylation sites is 1. The Bertz CT molecular complexity index is 702. The molecule has 0 aliphatic heterocycles. The SMILES string of the molecule is COc1cc(Cl)c(C(=O)c2cccc(Cl)c2N)cc1OC. The van der Waals surface area contributed by atoms with Gasteiger partial charge in [-0.3, -0.25) is 4.79 Å². The molecule has 0 aliphatic carbocycles. The van der Waals surface area contributed by atoms with E-state index in [2.05, 4.69) is 0 Å². The van der Waals surface area contributed by atoms with Crippen molar-refractivity contribution < 1.29 is 14.3 Å². The predicted octanol–water partition coefficient (Wildman–Crippen LogP) is 3.82. The molecule has 6 heteroatoms. The minimum atomic E-state index is -0.332. The molecule has 2 aromatic rings. The lowest BCUT2D eigenvalue weighted by Gasteiger charge is -2.12. The number of halogens is 2. The maximum absolute atomic E-state index is 12.6. The van der Waals surface area contributed by atoms with Crippen LogP contribution in [0.3, 0.4) is 0 Å². The van der Waals surface area contributed by atoms with E-state index in [1.165, 1.54) is 26.4 Å². The van der Waals surface area contributed by atoms with Crippen molar-refractivity contribution in [3.8, 4) is 11.5 Å². The number of nitrogens with two attached hydrogens (primary N) is 1. The Labute approximate surface area is 132 Å². The minimum Gasteiger partial charge on any atom is -0.493 e. The highest BCUT2D eigenvalue weighted by molar-refractivity contribution is 6.37. The molecule has 2 rings (SSSR count). The van der Waals surface area contributed by atoms with Crippen molar-refractivity contribution in [1.82, 2.24) is 0 Å². The number of carbonyl (C=O) groups excluding carboxylic acids is 1. The lowest BCUT2D eigenvalue weighted by Crippen LogP contribution is -2.07. The Kier molecular flexibility index (Phi) is 4.60. The topological polar surface area (TPSA) is 61.5 Å². The van der Waals surface area contributed by atoms with Gasteiger partial charge in [-0.1, -0.05) is 29.3 Å². The summed E-state index contributed by atoms with van der Waals surface area (Å²) in [6, 6.07) is 7.90. The van der Waals surface area contributed by atoms with Crippen LogP contribution in [0.5, 0.6) is 11.5 Å². The van der Waals surface area contributed by atoms with Crippen LogP contribution in [0.15, 0.2) is 30.3 Å². The van der Waals surface area contributed by atoms with Gasteiger partial charge >= 0.3 is 0 Å². The lowest BCUT2D eigenvalue weighted by atomic mass is 10.0. The largest absolute Gasteiger partial charge is 0.493 e. The number of methoxy groups -OCH3 is 2. The van der Waals surface area contributed by atoms with Crippen LogP contribution in [0.2, 0.25) is 10.0 Å². The van der Waals surface area contributed by atoms with Crippen LogP contribution in [0.4, 0.5) is 5.69 Å². The first-order valence-electron chi connectivity index (χ1n) is 5.99. The molecule has 0 bridgehead atoms. The van der Waals surface area contributed by atoms with Gasteiger partial charge in [0.2, 0.25) is 0 Å². The van der Waals surface area contributed by atoms with E-state index in [4.69, 9.17) is 38.4 Å². The van der Waals surface area contributed by atoms with Crippen molar-refractivity contribution in [2.45, 2.75) is 0 Å². The number of anilines is 1. The highest BCUT2D eigenvalue weighted by atomic mass is 35.5. The van der Waals surface area contributed by atoms with Crippen molar-refractivity contribution in [1.29, 1.82) is 0 Å². The van der Waals surface area contributed by atoms with Gasteiger partial charge in [0.25, 0.3) is 0 Å². The minimum absolute atomic E-state index is 0.218. The summed E-state index contributed by atoms with van der Waals surface area (Å²) in [4.78, 5) is 12.6. The molecule has 0 fully saturated rings. The summed E-state index contributed by atoms with van der Waals surface area (Å²) < 4.78 is 10.3. The average Bonchev–Trinajstić information content (AvgIpc) is 2.49. The predicted molar refractivity (Wildman–Crippen MR) is 83.9 cm³/mol. The molecule has 21 heavy (non-hydrogen) atoms. The van der Waals surface area contributed by atoms with E-state index in [9.17, 15) is 4.79 Å². The Morgan fingerprint density at radius 3 is 2.24 bits per heavy atom. The second-order valence-electron chi connectivity index (χ2n) is 4.22. The zero-order valence-electron chi connectivity index (χ0n) is 11.4. The maximum atomic E-state index is 12.6. The van der Waals surface area contributed by atoms with E-state index >= 15 is 0 Å². The van der Waals surface area contributed by atoms with Crippen LogP contribution >= 0.6 is 23.2 Å². The summed E-state index contributed by atoms with van der Waals surface area (Å²) in [5.74, 6) is 0.518. The van der Waals surface area contributed by atoms with Crippen molar-refractivity contribution in [3.63, 3.8) is 0 Å². The van der Waals surface area contributed by atoms with Gasteiger partial charge in [-0.25, -0.2) is 0 Å². The molecule has 0 unspecified atom stereocenters. The van der Waals surface area contributed by atoms with E-state index in [1.54, 1.807) is 18.2 Å². The maximum Gasteiger partial charge on any atom is 0.196 e. The van der Waals surface area contributed by atoms with Crippen molar-refractivity contribution in [3.05, 3.63) is 51.5 Å². The number of hydrogen-bond donors (Lipinski definition) is 1. The molecule has 2 aromatic carbocycles. The Hall–Kier alpha value is -1.91. The average molecular weight is 326 g/mol. The summed E-state index contributed by atoms with van der Waals surface area (Å²) >= 11 is 12.1. The molecule has 0 radical (unpaired) electrons. The summed E-state index contributed by atoms with van der Waals surface area (Å²) in [6.07, 6.45) is 0. The first kappa shape index (κ1) is 15.5. The fraction of sp³-hybridized carbons (Fsp3) is 0.133. The van der Waals surface area contributed by atoms with Crippen molar-refractivity contribution in [2.24, 2.45) is 0 Å². The molecule has 0 saturated heterocycles. The Morgan fingerprint density at radius 2 is 1.62 bits per heavy atom. The van der Waals surface area contributed by atoms with E-state index in [0.717, 1.165) is 0 Å². The highest BCUT2D eigenvalue weighted by Crippen LogP contribution is 2.35. The molecule has 0 spiro atoms. The normalized spacial score (nSPS) is 10.3. The first-order chi connectivity index (χ1) is 9.99. The lowest BCUT2D eigenvalue weighted by molar-refractivity contribution is 0.103. The summed E-state index contributed by atoms with van der Waals surface area (Å²) in [6.45, 7) is 0. The van der Waals surface area contributed by atoms with Crippen molar-refractivity contribution >= 4 is 34.7 Å². The van der Waals surface area contributed by atoms with Crippen molar-refractivity contribution in [2.75, 3.05) is 20.0 Å². The van der Waals surface area contributed by atoms with Gasteiger partial charge < -0.3 is 15.2 Å². The summed E-state index contributed by atoms with van der Waals surface area (Å²) in [7, 11) is 2.97. The number of carbonyl (C=O) groups is 1. The highest BCUT2D eigenvalue weighted by Gasteiger charge is 2.19. The van der Waals surface area contributed by atoms with Gasteiger partial charge in [-0.05, 0) is 18.2 Å². The third kappa shape index (κ3) is 2.91. The van der Waals surface area contributed by atoms with E-state index in [-0.39, 0.29) is 27.6 Å². The molecular weight excluding hydrogens is 313 g/mol. The number of rotatable bonds is 4. The van der Waals surface area contributed by atoms with Gasteiger partial charge in [0.1, 0.15) is 0 Å². The third-order valence-electron chi connectivity index (χ3n) is 3.02. The van der Waals surface area contributed by atoms with Gasteiger partial charge in [-0.2, -0.15) is 0 Å². The number of benzene rings is 2. The summed E-state index contributed by atoms with van der Waals surface area (Å²) in [5, 5.41) is 0.564. The molecule has 0 aromatic heterocycles. The molecular formula is C15H13Cl2NO3. The molecule has 0 aliphatic rings. The van der Waals surface area contributed by atoms with Crippen LogP contribution in [0, 0.1) is 0 Å². The second kappa shape index (κ2) is 6.24. The Morgan fingerprint density at radius 1 is 1.00 bits per heavy atom. The third-order valence-corrected chi connectivity index (χ3v) is 3.66. The molecule has 0 heterocycles. The van der Waals surface area contributed by atoms with Crippen LogP contribution in [-0.2, 0) is 0 Å². The quantitative estimate of drug-likeness (QED) is 0.685. The van der Waals surface area contributed by atoms with E-state index < -0.39 is 0 Å². The standard InChI is InChI=1S/C15H13Cl2NO3/c1-20-12-6-9(11(17)7-13(12)21-2)15(19)8-4-3-5-10(16)14(8)18/h3-7H,18H2,1-2H3. The molecule has 0 atom stereocenters. The molecule has 0 saturated carbocycles. The van der Waals surface area contributed by atoms with Gasteiger partial charge in [0.05, 0.1) is 30.0 Å². The van der Waals surface area contributed by atoms with Crippen LogP contribution in [0.25, 0.3) is 0 Å². The monoisotopic (exact) mass is 325 g/mol. The number of hydrogen-bond acceptors (Lipinski definition) is 4.